The average molecular weight is 598 g/mol. The third-order valence-corrected chi connectivity index (χ3v) is 11.5. The van der Waals surface area contributed by atoms with Crippen molar-refractivity contribution in [2.45, 2.75) is 67.5 Å². The molecule has 0 saturated carbocycles. The summed E-state index contributed by atoms with van der Waals surface area (Å²) in [5.74, 6) is -0.572. The first kappa shape index (κ1) is 31.8. The SMILES string of the molecule is CC[C@](Cc1ccccc1)(NC[C@@](C)(O)CS(=O)(=O)c1ccc2c(c1)OCO2)NC(=O)[C@H](N)C(C)(C)S(C)(=O)=O. The Bertz CT molecular complexity index is 1430. The predicted octanol–water partition coefficient (Wildman–Crippen LogP) is 1.15. The van der Waals surface area contributed by atoms with Crippen LogP contribution in [-0.2, 0) is 30.9 Å². The topological polar surface area (TPSA) is 174 Å². The molecule has 40 heavy (non-hydrogen) atoms. The first-order valence-corrected chi connectivity index (χ1v) is 16.4. The Labute approximate surface area is 236 Å². The number of nitrogens with one attached hydrogen (secondary N) is 2. The van der Waals surface area contributed by atoms with Crippen LogP contribution < -0.4 is 25.8 Å². The lowest BCUT2D eigenvalue weighted by Crippen LogP contribution is -2.67. The van der Waals surface area contributed by atoms with Crippen molar-refractivity contribution in [1.82, 2.24) is 10.6 Å². The zero-order valence-corrected chi connectivity index (χ0v) is 25.1. The van der Waals surface area contributed by atoms with Gasteiger partial charge >= 0.3 is 0 Å². The molecule has 13 heteroatoms. The van der Waals surface area contributed by atoms with Gasteiger partial charge in [0.1, 0.15) is 6.04 Å². The first-order valence-electron chi connectivity index (χ1n) is 12.8. The van der Waals surface area contributed by atoms with Crippen molar-refractivity contribution in [3.8, 4) is 11.5 Å². The third-order valence-electron chi connectivity index (χ3n) is 7.31. The Hall–Kier alpha value is -2.71. The maximum absolute atomic E-state index is 13.3. The van der Waals surface area contributed by atoms with Crippen molar-refractivity contribution in [2.24, 2.45) is 5.73 Å². The van der Waals surface area contributed by atoms with Crippen LogP contribution in [0.3, 0.4) is 0 Å². The summed E-state index contributed by atoms with van der Waals surface area (Å²) >= 11 is 0. The van der Waals surface area contributed by atoms with E-state index in [1.54, 1.807) is 0 Å². The molecule has 0 aliphatic carbocycles. The van der Waals surface area contributed by atoms with E-state index in [1.807, 2.05) is 37.3 Å². The van der Waals surface area contributed by atoms with Crippen LogP contribution in [0.5, 0.6) is 11.5 Å². The summed E-state index contributed by atoms with van der Waals surface area (Å²) in [7, 11) is -7.63. The largest absolute Gasteiger partial charge is 0.454 e. The summed E-state index contributed by atoms with van der Waals surface area (Å²) in [6.07, 6.45) is 1.59. The number of hydrogen-bond acceptors (Lipinski definition) is 10. The zero-order chi connectivity index (χ0) is 30.0. The fourth-order valence-corrected chi connectivity index (χ4v) is 6.48. The smallest absolute Gasteiger partial charge is 0.239 e. The molecule has 3 atom stereocenters. The minimum atomic E-state index is -3.94. The number of carbonyl (C=O) groups excluding carboxylic acids is 1. The maximum Gasteiger partial charge on any atom is 0.239 e. The van der Waals surface area contributed by atoms with Crippen LogP contribution in [0.1, 0.15) is 39.7 Å². The Morgan fingerprint density at radius 1 is 1.05 bits per heavy atom. The molecule has 5 N–H and O–H groups in total. The Kier molecular flexibility index (Phi) is 9.26. The summed E-state index contributed by atoms with van der Waals surface area (Å²) in [5, 5.41) is 17.2. The molecule has 0 radical (unpaired) electrons. The molecule has 1 amide bonds. The molecule has 3 rings (SSSR count). The summed E-state index contributed by atoms with van der Waals surface area (Å²) in [6, 6.07) is 12.1. The van der Waals surface area contributed by atoms with Gasteiger partial charge in [0.15, 0.2) is 31.2 Å². The number of ether oxygens (including phenoxy) is 2. The predicted molar refractivity (Wildman–Crippen MR) is 151 cm³/mol. The van der Waals surface area contributed by atoms with Crippen LogP contribution in [-0.4, -0.2) is 75.2 Å². The lowest BCUT2D eigenvalue weighted by molar-refractivity contribution is -0.125. The summed E-state index contributed by atoms with van der Waals surface area (Å²) in [4.78, 5) is 13.3. The van der Waals surface area contributed by atoms with Gasteiger partial charge in [-0.15, -0.1) is 0 Å². The van der Waals surface area contributed by atoms with Crippen molar-refractivity contribution in [2.75, 3.05) is 25.3 Å². The summed E-state index contributed by atoms with van der Waals surface area (Å²) < 4.78 is 60.0. The van der Waals surface area contributed by atoms with Crippen molar-refractivity contribution >= 4 is 25.6 Å². The molecule has 0 aromatic heterocycles. The van der Waals surface area contributed by atoms with Crippen LogP contribution in [0.25, 0.3) is 0 Å². The highest BCUT2D eigenvalue weighted by Crippen LogP contribution is 2.34. The Morgan fingerprint density at radius 3 is 2.27 bits per heavy atom. The number of aliphatic hydroxyl groups is 1. The summed E-state index contributed by atoms with van der Waals surface area (Å²) in [5.41, 5.74) is 4.04. The number of rotatable bonds is 13. The van der Waals surface area contributed by atoms with Gasteiger partial charge in [0.05, 0.1) is 26.7 Å². The van der Waals surface area contributed by atoms with E-state index in [-0.39, 0.29) is 24.7 Å². The third kappa shape index (κ3) is 7.32. The monoisotopic (exact) mass is 597 g/mol. The van der Waals surface area contributed by atoms with Gasteiger partial charge in [0.2, 0.25) is 12.7 Å². The van der Waals surface area contributed by atoms with Crippen LogP contribution in [0.2, 0.25) is 0 Å². The van der Waals surface area contributed by atoms with Crippen molar-refractivity contribution in [1.29, 1.82) is 0 Å². The molecule has 0 unspecified atom stereocenters. The second kappa shape index (κ2) is 11.6. The highest BCUT2D eigenvalue weighted by atomic mass is 32.2. The van der Waals surface area contributed by atoms with Gasteiger partial charge in [-0.05, 0) is 44.9 Å². The van der Waals surface area contributed by atoms with E-state index < -0.39 is 53.4 Å². The normalized spacial score (nSPS) is 17.5. The van der Waals surface area contributed by atoms with E-state index >= 15 is 0 Å². The molecule has 222 valence electrons. The van der Waals surface area contributed by atoms with Crippen LogP contribution in [0, 0.1) is 0 Å². The van der Waals surface area contributed by atoms with E-state index in [2.05, 4.69) is 10.6 Å². The molecule has 2 aromatic carbocycles. The lowest BCUT2D eigenvalue weighted by Gasteiger charge is -2.40. The van der Waals surface area contributed by atoms with Gasteiger partial charge in [-0.3, -0.25) is 10.1 Å². The van der Waals surface area contributed by atoms with Gasteiger partial charge in [-0.2, -0.15) is 0 Å². The van der Waals surface area contributed by atoms with Gasteiger partial charge < -0.3 is 25.6 Å². The maximum atomic E-state index is 13.3. The number of nitrogens with two attached hydrogens (primary N) is 1. The van der Waals surface area contributed by atoms with E-state index in [9.17, 15) is 26.7 Å². The second-order valence-electron chi connectivity index (χ2n) is 11.1. The number of carbonyl (C=O) groups is 1. The Morgan fingerprint density at radius 2 is 1.68 bits per heavy atom. The average Bonchev–Trinajstić information content (AvgIpc) is 3.34. The Balaban J connectivity index is 1.84. The highest BCUT2D eigenvalue weighted by Gasteiger charge is 2.44. The van der Waals surface area contributed by atoms with Crippen molar-refractivity contribution in [3.05, 3.63) is 54.1 Å². The highest BCUT2D eigenvalue weighted by molar-refractivity contribution is 7.92. The molecule has 1 aliphatic heterocycles. The molecule has 1 heterocycles. The number of sulfone groups is 2. The minimum Gasteiger partial charge on any atom is -0.454 e. The number of amides is 1. The molecule has 11 nitrogen and oxygen atoms in total. The van der Waals surface area contributed by atoms with E-state index in [0.717, 1.165) is 11.8 Å². The molecule has 1 aliphatic rings. The van der Waals surface area contributed by atoms with Crippen molar-refractivity contribution < 1.29 is 36.2 Å². The number of benzene rings is 2. The molecule has 0 spiro atoms. The second-order valence-corrected chi connectivity index (χ2v) is 15.7. The zero-order valence-electron chi connectivity index (χ0n) is 23.4. The number of hydrogen-bond donors (Lipinski definition) is 4. The molecular formula is C27H39N3O8S2. The van der Waals surface area contributed by atoms with Gasteiger partial charge in [-0.25, -0.2) is 16.8 Å². The summed E-state index contributed by atoms with van der Waals surface area (Å²) in [6.45, 7) is 5.74. The fourth-order valence-electron chi connectivity index (χ4n) is 4.27. The van der Waals surface area contributed by atoms with E-state index in [0.29, 0.717) is 17.9 Å². The van der Waals surface area contributed by atoms with Crippen LogP contribution >= 0.6 is 0 Å². The molecule has 0 bridgehead atoms. The van der Waals surface area contributed by atoms with Gasteiger partial charge in [0, 0.05) is 25.3 Å². The van der Waals surface area contributed by atoms with E-state index in [1.165, 1.54) is 39.0 Å². The van der Waals surface area contributed by atoms with Crippen molar-refractivity contribution in [3.63, 3.8) is 0 Å². The van der Waals surface area contributed by atoms with Crippen LogP contribution in [0.15, 0.2) is 53.4 Å². The quantitative estimate of drug-likeness (QED) is 0.245. The fraction of sp³-hybridized carbons (Fsp3) is 0.519. The van der Waals surface area contributed by atoms with Gasteiger partial charge in [-0.1, -0.05) is 37.3 Å². The molecule has 0 saturated heterocycles. The number of fused-ring (bicyclic) bond motifs is 1. The molecule has 0 fully saturated rings. The van der Waals surface area contributed by atoms with Gasteiger partial charge in [0.25, 0.3) is 0 Å². The molecule has 2 aromatic rings. The molecular weight excluding hydrogens is 558 g/mol. The standard InChI is InChI=1S/C27H39N3O8S2/c1-6-27(15-19-10-8-7-9-11-19,30-24(31)23(28)25(2,3)39(5,33)34)29-16-26(4,32)17-40(35,36)20-12-13-21-22(14-20)38-18-37-21/h7-14,23,29,32H,6,15-18,28H2,1-5H3,(H,30,31)/t23-,26+,27-/m0/s1. The van der Waals surface area contributed by atoms with E-state index in [4.69, 9.17) is 15.2 Å². The van der Waals surface area contributed by atoms with Crippen LogP contribution in [0.4, 0.5) is 0 Å². The lowest BCUT2D eigenvalue weighted by atomic mass is 9.94. The minimum absolute atomic E-state index is 0.00225. The first-order chi connectivity index (χ1) is 18.4.